The molecule has 8 nitrogen and oxygen atoms in total. The Bertz CT molecular complexity index is 1050. The molecule has 214 valence electrons. The van der Waals surface area contributed by atoms with Gasteiger partial charge in [-0.1, -0.05) is 51.0 Å². The fourth-order valence-electron chi connectivity index (χ4n) is 5.45. The van der Waals surface area contributed by atoms with Crippen LogP contribution in [0, 0.1) is 5.92 Å². The second kappa shape index (κ2) is 15.4. The monoisotopic (exact) mass is 540 g/mol. The SMILES string of the molecule is CCCCN(C=O)CCCC.COc1ccccc1CC[C@H]1[C@H](C(=O)O)[C@@H](c2ccc3c(c2)OCO3)CN1C. The van der Waals surface area contributed by atoms with E-state index >= 15 is 0 Å². The predicted molar refractivity (Wildman–Crippen MR) is 152 cm³/mol. The van der Waals surface area contributed by atoms with Crippen LogP contribution in [0.5, 0.6) is 17.2 Å². The number of hydrogen-bond acceptors (Lipinski definition) is 6. The van der Waals surface area contributed by atoms with Gasteiger partial charge in [-0.25, -0.2) is 0 Å². The molecule has 39 heavy (non-hydrogen) atoms. The van der Waals surface area contributed by atoms with Gasteiger partial charge in [0.1, 0.15) is 5.75 Å². The molecule has 0 unspecified atom stereocenters. The fourth-order valence-corrected chi connectivity index (χ4v) is 5.45. The van der Waals surface area contributed by atoms with Crippen LogP contribution in [0.4, 0.5) is 0 Å². The molecule has 2 aliphatic heterocycles. The van der Waals surface area contributed by atoms with E-state index in [-0.39, 0.29) is 18.8 Å². The third-order valence-corrected chi connectivity index (χ3v) is 7.66. The maximum absolute atomic E-state index is 12.2. The van der Waals surface area contributed by atoms with Gasteiger partial charge in [0.2, 0.25) is 13.2 Å². The third kappa shape index (κ3) is 8.12. The molecule has 2 aliphatic rings. The van der Waals surface area contributed by atoms with Gasteiger partial charge in [-0.15, -0.1) is 0 Å². The van der Waals surface area contributed by atoms with Crippen LogP contribution in [0.25, 0.3) is 0 Å². The Balaban J connectivity index is 0.000000325. The highest BCUT2D eigenvalue weighted by atomic mass is 16.7. The van der Waals surface area contributed by atoms with Crippen molar-refractivity contribution >= 4 is 12.4 Å². The molecule has 2 aromatic carbocycles. The number of amides is 1. The first-order chi connectivity index (χ1) is 18.9. The summed E-state index contributed by atoms with van der Waals surface area (Å²) in [5.74, 6) is 0.954. The van der Waals surface area contributed by atoms with Crippen LogP contribution in [-0.2, 0) is 16.0 Å². The average Bonchev–Trinajstić information content (AvgIpc) is 3.56. The highest BCUT2D eigenvalue weighted by Gasteiger charge is 2.45. The number of para-hydroxylation sites is 1. The topological polar surface area (TPSA) is 88.5 Å². The summed E-state index contributed by atoms with van der Waals surface area (Å²) in [4.78, 5) is 26.7. The number of likely N-dealkylation sites (tertiary alicyclic amines) is 1. The van der Waals surface area contributed by atoms with Crippen molar-refractivity contribution in [1.82, 2.24) is 9.80 Å². The number of ether oxygens (including phenoxy) is 3. The number of methoxy groups -OCH3 is 1. The minimum absolute atomic E-state index is 0.0437. The zero-order valence-electron chi connectivity index (χ0n) is 23.8. The Kier molecular flexibility index (Phi) is 11.9. The summed E-state index contributed by atoms with van der Waals surface area (Å²) in [7, 11) is 3.67. The quantitative estimate of drug-likeness (QED) is 0.349. The van der Waals surface area contributed by atoms with Gasteiger partial charge in [0.05, 0.1) is 13.0 Å². The Morgan fingerprint density at radius 1 is 1.10 bits per heavy atom. The molecule has 1 amide bonds. The number of unbranched alkanes of at least 4 members (excludes halogenated alkanes) is 2. The predicted octanol–water partition coefficient (Wildman–Crippen LogP) is 5.20. The standard InChI is InChI=1S/C22H25NO5.C9H19NO/c1-23-12-16(15-8-10-19-20(11-15)28-13-27-19)21(22(24)25)17(23)9-7-14-5-3-4-6-18(14)26-2;1-3-5-7-10(9-11)8-6-4-2/h3-6,8,10-11,16-17,21H,7,9,12-13H2,1-2H3,(H,24,25);9H,3-8H2,1-2H3/t16-,17+,21-;/m1./s1. The normalized spacial score (nSPS) is 19.7. The van der Waals surface area contributed by atoms with Gasteiger partial charge in [-0.2, -0.15) is 0 Å². The van der Waals surface area contributed by atoms with Crippen molar-refractivity contribution in [3.63, 3.8) is 0 Å². The molecule has 3 atom stereocenters. The maximum Gasteiger partial charge on any atom is 0.308 e. The summed E-state index contributed by atoms with van der Waals surface area (Å²) in [6.07, 6.45) is 7.08. The number of aliphatic carboxylic acids is 1. The third-order valence-electron chi connectivity index (χ3n) is 7.66. The van der Waals surface area contributed by atoms with Crippen LogP contribution in [0.15, 0.2) is 42.5 Å². The molecule has 0 spiro atoms. The largest absolute Gasteiger partial charge is 0.496 e. The lowest BCUT2D eigenvalue weighted by atomic mass is 9.83. The summed E-state index contributed by atoms with van der Waals surface area (Å²) in [5.41, 5.74) is 2.09. The molecule has 0 saturated carbocycles. The maximum atomic E-state index is 12.2. The Hall–Kier alpha value is -3.26. The highest BCUT2D eigenvalue weighted by Crippen LogP contribution is 2.42. The van der Waals surface area contributed by atoms with E-state index in [1.807, 2.05) is 54.4 Å². The minimum Gasteiger partial charge on any atom is -0.496 e. The molecule has 0 aliphatic carbocycles. The Labute approximate surface area is 232 Å². The number of carboxylic acid groups (broad SMARTS) is 1. The van der Waals surface area contributed by atoms with E-state index in [1.54, 1.807) is 7.11 Å². The molecule has 2 aromatic rings. The van der Waals surface area contributed by atoms with Crippen LogP contribution in [-0.4, -0.2) is 73.9 Å². The lowest BCUT2D eigenvalue weighted by Gasteiger charge is -2.24. The van der Waals surface area contributed by atoms with E-state index in [9.17, 15) is 14.7 Å². The zero-order valence-corrected chi connectivity index (χ0v) is 23.8. The number of carbonyl (C=O) groups is 2. The van der Waals surface area contributed by atoms with Gasteiger partial charge < -0.3 is 29.1 Å². The van der Waals surface area contributed by atoms with E-state index < -0.39 is 11.9 Å². The number of aryl methyl sites for hydroxylation is 1. The van der Waals surface area contributed by atoms with Crippen molar-refractivity contribution in [1.29, 1.82) is 0 Å². The second-order valence-electron chi connectivity index (χ2n) is 10.3. The number of carbonyl (C=O) groups excluding carboxylic acids is 1. The molecule has 1 saturated heterocycles. The molecule has 1 fully saturated rings. The summed E-state index contributed by atoms with van der Waals surface area (Å²) in [5, 5.41) is 10.0. The zero-order chi connectivity index (χ0) is 28.2. The van der Waals surface area contributed by atoms with Crippen molar-refractivity contribution in [2.24, 2.45) is 5.92 Å². The van der Waals surface area contributed by atoms with Gasteiger partial charge in [-0.05, 0) is 62.1 Å². The van der Waals surface area contributed by atoms with Crippen LogP contribution >= 0.6 is 0 Å². The number of benzene rings is 2. The molecule has 0 aromatic heterocycles. The van der Waals surface area contributed by atoms with Crippen molar-refractivity contribution in [3.05, 3.63) is 53.6 Å². The summed E-state index contributed by atoms with van der Waals surface area (Å²) >= 11 is 0. The van der Waals surface area contributed by atoms with Crippen molar-refractivity contribution < 1.29 is 28.9 Å². The fraction of sp³-hybridized carbons (Fsp3) is 0.548. The number of hydrogen-bond donors (Lipinski definition) is 1. The number of fused-ring (bicyclic) bond motifs is 1. The van der Waals surface area contributed by atoms with Gasteiger partial charge in [0.15, 0.2) is 11.5 Å². The second-order valence-corrected chi connectivity index (χ2v) is 10.3. The number of nitrogens with zero attached hydrogens (tertiary/aromatic N) is 2. The minimum atomic E-state index is -0.753. The summed E-state index contributed by atoms with van der Waals surface area (Å²) in [6, 6.07) is 13.6. The molecule has 0 radical (unpaired) electrons. The average molecular weight is 541 g/mol. The molecule has 2 heterocycles. The van der Waals surface area contributed by atoms with E-state index in [0.29, 0.717) is 12.3 Å². The van der Waals surface area contributed by atoms with Crippen LogP contribution in [0.3, 0.4) is 0 Å². The van der Waals surface area contributed by atoms with Gasteiger partial charge in [-0.3, -0.25) is 9.59 Å². The molecule has 4 rings (SSSR count). The first kappa shape index (κ1) is 30.3. The molecule has 8 heteroatoms. The number of likely N-dealkylation sites (N-methyl/N-ethyl adjacent to an activating group) is 1. The number of carboxylic acids is 1. The van der Waals surface area contributed by atoms with Gasteiger partial charge in [0.25, 0.3) is 0 Å². The Morgan fingerprint density at radius 2 is 1.79 bits per heavy atom. The molecule has 1 N–H and O–H groups in total. The number of rotatable bonds is 13. The van der Waals surface area contributed by atoms with Gasteiger partial charge >= 0.3 is 5.97 Å². The molecular formula is C31H44N2O6. The van der Waals surface area contributed by atoms with E-state index in [0.717, 1.165) is 80.7 Å². The van der Waals surface area contributed by atoms with Crippen molar-refractivity contribution in [2.75, 3.05) is 40.6 Å². The van der Waals surface area contributed by atoms with Gasteiger partial charge in [0, 0.05) is 31.6 Å². The highest BCUT2D eigenvalue weighted by molar-refractivity contribution is 5.73. The van der Waals surface area contributed by atoms with E-state index in [1.165, 1.54) is 0 Å². The van der Waals surface area contributed by atoms with Crippen LogP contribution in [0.2, 0.25) is 0 Å². The van der Waals surface area contributed by atoms with Crippen molar-refractivity contribution in [3.8, 4) is 17.2 Å². The van der Waals surface area contributed by atoms with Crippen LogP contribution in [0.1, 0.15) is 63.0 Å². The van der Waals surface area contributed by atoms with Crippen molar-refractivity contribution in [2.45, 2.75) is 64.3 Å². The van der Waals surface area contributed by atoms with Crippen LogP contribution < -0.4 is 14.2 Å². The lowest BCUT2D eigenvalue weighted by molar-refractivity contribution is -0.143. The first-order valence-corrected chi connectivity index (χ1v) is 14.1. The lowest BCUT2D eigenvalue weighted by Crippen LogP contribution is -2.34. The first-order valence-electron chi connectivity index (χ1n) is 14.1. The Morgan fingerprint density at radius 3 is 2.44 bits per heavy atom. The van der Waals surface area contributed by atoms with E-state index in [4.69, 9.17) is 14.2 Å². The summed E-state index contributed by atoms with van der Waals surface area (Å²) < 4.78 is 16.3. The van der Waals surface area contributed by atoms with E-state index in [2.05, 4.69) is 18.7 Å². The summed E-state index contributed by atoms with van der Waals surface area (Å²) in [6.45, 7) is 7.06. The molecular weight excluding hydrogens is 496 g/mol. The smallest absolute Gasteiger partial charge is 0.308 e. The molecule has 0 bridgehead atoms.